The fraction of sp³-hybridized carbons (Fsp3) is 0.333. The molecule has 0 fully saturated rings. The third-order valence-corrected chi connectivity index (χ3v) is 4.07. The molecule has 0 aliphatic heterocycles. The lowest BCUT2D eigenvalue weighted by Crippen LogP contribution is -2.18. The van der Waals surface area contributed by atoms with E-state index in [1.54, 1.807) is 12.1 Å². The number of nitrogen functional groups attached to an aromatic ring is 1. The van der Waals surface area contributed by atoms with E-state index in [9.17, 15) is 8.78 Å². The summed E-state index contributed by atoms with van der Waals surface area (Å²) in [6.45, 7) is 6.13. The van der Waals surface area contributed by atoms with Crippen molar-refractivity contribution in [3.63, 3.8) is 0 Å². The second kappa shape index (κ2) is 5.82. The van der Waals surface area contributed by atoms with Gasteiger partial charge in [-0.05, 0) is 22.6 Å². The lowest BCUT2D eigenvalue weighted by Gasteiger charge is -2.21. The van der Waals surface area contributed by atoms with Crippen molar-refractivity contribution in [3.05, 3.63) is 39.1 Å². The van der Waals surface area contributed by atoms with E-state index in [0.717, 1.165) is 9.26 Å². The Balaban J connectivity index is 2.52. The van der Waals surface area contributed by atoms with Gasteiger partial charge in [-0.25, -0.2) is 18.7 Å². The number of hydrogen-bond acceptors (Lipinski definition) is 3. The van der Waals surface area contributed by atoms with Crippen LogP contribution in [0, 0.1) is 3.57 Å². The number of nitrogens with zero attached hydrogens (tertiary/aromatic N) is 2. The van der Waals surface area contributed by atoms with E-state index in [1.807, 2.05) is 20.8 Å². The second-order valence-corrected chi connectivity index (χ2v) is 6.85. The normalized spacial score (nSPS) is 12.0. The van der Waals surface area contributed by atoms with Crippen LogP contribution in [0.2, 0.25) is 0 Å². The van der Waals surface area contributed by atoms with E-state index in [0.29, 0.717) is 17.2 Å². The second-order valence-electron chi connectivity index (χ2n) is 5.77. The highest BCUT2D eigenvalue weighted by atomic mass is 127. The Morgan fingerprint density at radius 3 is 2.14 bits per heavy atom. The van der Waals surface area contributed by atoms with Crippen molar-refractivity contribution < 1.29 is 8.78 Å². The van der Waals surface area contributed by atoms with Gasteiger partial charge < -0.3 is 5.73 Å². The molecule has 2 aromatic rings. The van der Waals surface area contributed by atoms with Gasteiger partial charge in [0, 0.05) is 16.5 Å². The molecule has 0 saturated carbocycles. The summed E-state index contributed by atoms with van der Waals surface area (Å²) in [5, 5.41) is 0. The molecular weight excluding hydrogens is 387 g/mol. The van der Waals surface area contributed by atoms with Gasteiger partial charge in [-0.3, -0.25) is 0 Å². The van der Waals surface area contributed by atoms with E-state index in [1.165, 1.54) is 12.1 Å². The lowest BCUT2D eigenvalue weighted by molar-refractivity contribution is 0.151. The Labute approximate surface area is 136 Å². The number of aromatic nitrogens is 2. The zero-order valence-corrected chi connectivity index (χ0v) is 14.1. The number of halogens is 3. The number of alkyl halides is 2. The first-order valence-electron chi connectivity index (χ1n) is 6.42. The predicted octanol–water partition coefficient (Wildman–Crippen LogP) is 4.57. The molecule has 1 aromatic carbocycles. The SMILES string of the molecule is CC(C)(C)c1nc(-c2ccc(C(F)F)cc2)nc(N)c1I. The highest BCUT2D eigenvalue weighted by Gasteiger charge is 2.22. The molecule has 1 heterocycles. The minimum Gasteiger partial charge on any atom is -0.383 e. The third-order valence-electron chi connectivity index (χ3n) is 3.01. The van der Waals surface area contributed by atoms with Gasteiger partial charge in [0.25, 0.3) is 6.43 Å². The van der Waals surface area contributed by atoms with Crippen LogP contribution < -0.4 is 5.73 Å². The highest BCUT2D eigenvalue weighted by molar-refractivity contribution is 14.1. The van der Waals surface area contributed by atoms with Gasteiger partial charge in [0.2, 0.25) is 0 Å². The van der Waals surface area contributed by atoms with Gasteiger partial charge in [0.05, 0.1) is 9.26 Å². The first kappa shape index (κ1) is 16.1. The molecule has 0 radical (unpaired) electrons. The number of anilines is 1. The topological polar surface area (TPSA) is 51.8 Å². The maximum Gasteiger partial charge on any atom is 0.263 e. The summed E-state index contributed by atoms with van der Waals surface area (Å²) in [5.74, 6) is 0.863. The van der Waals surface area contributed by atoms with Crippen LogP contribution in [0.1, 0.15) is 38.5 Å². The molecule has 112 valence electrons. The summed E-state index contributed by atoms with van der Waals surface area (Å²) in [5.41, 5.74) is 7.28. The van der Waals surface area contributed by atoms with Gasteiger partial charge in [-0.2, -0.15) is 0 Å². The Bertz CT molecular complexity index is 649. The largest absolute Gasteiger partial charge is 0.383 e. The van der Waals surface area contributed by atoms with Gasteiger partial charge in [-0.1, -0.05) is 45.0 Å². The monoisotopic (exact) mass is 403 g/mol. The molecule has 0 saturated heterocycles. The molecule has 0 amide bonds. The van der Waals surface area contributed by atoms with E-state index in [2.05, 4.69) is 32.6 Å². The Morgan fingerprint density at radius 2 is 1.67 bits per heavy atom. The molecule has 0 aliphatic rings. The predicted molar refractivity (Wildman–Crippen MR) is 88.3 cm³/mol. The van der Waals surface area contributed by atoms with Crippen LogP contribution in [-0.2, 0) is 5.41 Å². The fourth-order valence-corrected chi connectivity index (χ4v) is 2.92. The minimum atomic E-state index is -2.48. The average molecular weight is 403 g/mol. The Kier molecular flexibility index (Phi) is 4.46. The zero-order chi connectivity index (χ0) is 15.8. The molecule has 1 aromatic heterocycles. The zero-order valence-electron chi connectivity index (χ0n) is 12.0. The molecule has 0 unspecified atom stereocenters. The van der Waals surface area contributed by atoms with Crippen molar-refractivity contribution in [3.8, 4) is 11.4 Å². The van der Waals surface area contributed by atoms with Gasteiger partial charge in [0.1, 0.15) is 5.82 Å². The van der Waals surface area contributed by atoms with E-state index >= 15 is 0 Å². The number of hydrogen-bond donors (Lipinski definition) is 1. The number of rotatable bonds is 2. The molecule has 0 aliphatic carbocycles. The molecule has 21 heavy (non-hydrogen) atoms. The van der Waals surface area contributed by atoms with Gasteiger partial charge in [0.15, 0.2) is 5.82 Å². The van der Waals surface area contributed by atoms with Crippen LogP contribution in [0.15, 0.2) is 24.3 Å². The summed E-state index contributed by atoms with van der Waals surface area (Å²) in [6, 6.07) is 5.95. The minimum absolute atomic E-state index is 0.0201. The van der Waals surface area contributed by atoms with Crippen molar-refractivity contribution in [2.24, 2.45) is 0 Å². The quantitative estimate of drug-likeness (QED) is 0.748. The molecule has 3 nitrogen and oxygen atoms in total. The molecule has 6 heteroatoms. The first-order chi connectivity index (χ1) is 9.70. The molecule has 0 atom stereocenters. The van der Waals surface area contributed by atoms with Crippen molar-refractivity contribution >= 4 is 28.4 Å². The number of nitrogens with two attached hydrogens (primary N) is 1. The molecule has 2 N–H and O–H groups in total. The van der Waals surface area contributed by atoms with Crippen molar-refractivity contribution in [1.82, 2.24) is 9.97 Å². The molecule has 0 bridgehead atoms. The maximum atomic E-state index is 12.6. The maximum absolute atomic E-state index is 12.6. The van der Waals surface area contributed by atoms with E-state index < -0.39 is 6.43 Å². The van der Waals surface area contributed by atoms with Gasteiger partial charge in [-0.15, -0.1) is 0 Å². The van der Waals surface area contributed by atoms with Crippen molar-refractivity contribution in [1.29, 1.82) is 0 Å². The summed E-state index contributed by atoms with van der Waals surface area (Å²) in [6.07, 6.45) is -2.48. The van der Waals surface area contributed by atoms with Crippen LogP contribution in [0.25, 0.3) is 11.4 Å². The van der Waals surface area contributed by atoms with Crippen LogP contribution in [0.3, 0.4) is 0 Å². The average Bonchev–Trinajstić information content (AvgIpc) is 2.40. The van der Waals surface area contributed by atoms with Crippen molar-refractivity contribution in [2.45, 2.75) is 32.6 Å². The number of benzene rings is 1. The van der Waals surface area contributed by atoms with Gasteiger partial charge >= 0.3 is 0 Å². The Morgan fingerprint density at radius 1 is 1.10 bits per heavy atom. The third kappa shape index (κ3) is 3.48. The summed E-state index contributed by atoms with van der Waals surface area (Å²) in [7, 11) is 0. The summed E-state index contributed by atoms with van der Waals surface area (Å²) < 4.78 is 26.0. The van der Waals surface area contributed by atoms with Crippen molar-refractivity contribution in [2.75, 3.05) is 5.73 Å². The molecular formula is C15H16F2IN3. The highest BCUT2D eigenvalue weighted by Crippen LogP contribution is 2.31. The van der Waals surface area contributed by atoms with Crippen LogP contribution in [-0.4, -0.2) is 9.97 Å². The van der Waals surface area contributed by atoms with E-state index in [-0.39, 0.29) is 11.0 Å². The summed E-state index contributed by atoms with van der Waals surface area (Å²) in [4.78, 5) is 8.83. The fourth-order valence-electron chi connectivity index (χ4n) is 1.87. The standard InChI is InChI=1S/C15H16F2IN3/c1-15(2,3)11-10(18)13(19)21-14(20-11)9-6-4-8(5-7-9)12(16)17/h4-7,12H,1-3H3,(H2,19,20,21). The van der Waals surface area contributed by atoms with Crippen LogP contribution in [0.5, 0.6) is 0 Å². The smallest absolute Gasteiger partial charge is 0.263 e. The lowest BCUT2D eigenvalue weighted by atomic mass is 9.91. The van der Waals surface area contributed by atoms with Crippen LogP contribution in [0.4, 0.5) is 14.6 Å². The molecule has 2 rings (SSSR count). The molecule has 0 spiro atoms. The first-order valence-corrected chi connectivity index (χ1v) is 7.50. The van der Waals surface area contributed by atoms with E-state index in [4.69, 9.17) is 5.73 Å². The summed E-state index contributed by atoms with van der Waals surface area (Å²) >= 11 is 2.13. The van der Waals surface area contributed by atoms with Crippen LogP contribution >= 0.6 is 22.6 Å². The Hall–Kier alpha value is -1.31.